The lowest BCUT2D eigenvalue weighted by atomic mass is 10.1. The number of aliphatic imine (C=N–C) groups is 1. The molecule has 142 valence electrons. The fourth-order valence-corrected chi connectivity index (χ4v) is 3.44. The zero-order valence-electron chi connectivity index (χ0n) is 15.2. The van der Waals surface area contributed by atoms with Crippen LogP contribution >= 0.6 is 0 Å². The van der Waals surface area contributed by atoms with Gasteiger partial charge in [0.15, 0.2) is 17.5 Å². The Hall–Kier alpha value is -2.83. The second kappa shape index (κ2) is 7.06. The van der Waals surface area contributed by atoms with E-state index in [-0.39, 0.29) is 24.3 Å². The molecule has 1 aliphatic heterocycles. The number of hydrogen-bond donors (Lipinski definition) is 1. The van der Waals surface area contributed by atoms with E-state index in [0.29, 0.717) is 18.9 Å². The normalized spacial score (nSPS) is 20.5. The van der Waals surface area contributed by atoms with Crippen LogP contribution in [0.2, 0.25) is 0 Å². The average Bonchev–Trinajstić information content (AvgIpc) is 3.22. The zero-order valence-corrected chi connectivity index (χ0v) is 15.2. The lowest BCUT2D eigenvalue weighted by molar-refractivity contribution is 0.174. The first-order chi connectivity index (χ1) is 13.1. The van der Waals surface area contributed by atoms with Gasteiger partial charge in [0.25, 0.3) is 0 Å². The summed E-state index contributed by atoms with van der Waals surface area (Å²) in [4.78, 5) is 6.26. The second-order valence-electron chi connectivity index (χ2n) is 6.82. The molecule has 2 aromatic rings. The minimum absolute atomic E-state index is 0.0331. The number of nitrogens with zero attached hydrogens (tertiary/aromatic N) is 2. The van der Waals surface area contributed by atoms with Crippen molar-refractivity contribution < 1.29 is 18.3 Å². The highest BCUT2D eigenvalue weighted by atomic mass is 19.1. The van der Waals surface area contributed by atoms with Crippen molar-refractivity contribution in [3.05, 3.63) is 59.2 Å². The summed E-state index contributed by atoms with van der Waals surface area (Å²) in [5, 5.41) is 3.30. The molecule has 2 aromatic carbocycles. The molecule has 0 saturated heterocycles. The highest BCUT2D eigenvalue weighted by molar-refractivity contribution is 5.80. The molecule has 5 nitrogen and oxygen atoms in total. The van der Waals surface area contributed by atoms with Crippen molar-refractivity contribution >= 4 is 5.96 Å². The topological polar surface area (TPSA) is 46.1 Å². The summed E-state index contributed by atoms with van der Waals surface area (Å²) in [5.41, 5.74) is 1.21. The van der Waals surface area contributed by atoms with E-state index in [1.165, 1.54) is 18.2 Å². The van der Waals surface area contributed by atoms with Gasteiger partial charge in [0.05, 0.1) is 0 Å². The van der Waals surface area contributed by atoms with Crippen molar-refractivity contribution in [3.63, 3.8) is 0 Å². The summed E-state index contributed by atoms with van der Waals surface area (Å²) in [6, 6.07) is 9.76. The summed E-state index contributed by atoms with van der Waals surface area (Å²) in [6.07, 6.45) is 0.675. The molecule has 27 heavy (non-hydrogen) atoms. The Morgan fingerprint density at radius 1 is 1.19 bits per heavy atom. The molecule has 2 aliphatic rings. The Bertz CT molecular complexity index is 867. The minimum atomic E-state index is -0.493. The molecule has 7 heteroatoms. The number of benzene rings is 2. The fourth-order valence-electron chi connectivity index (χ4n) is 3.44. The predicted octanol–water partition coefficient (Wildman–Crippen LogP) is 3.26. The molecule has 0 amide bonds. The van der Waals surface area contributed by atoms with Gasteiger partial charge < -0.3 is 19.7 Å². The van der Waals surface area contributed by atoms with Gasteiger partial charge in [0, 0.05) is 38.2 Å². The van der Waals surface area contributed by atoms with Crippen molar-refractivity contribution in [1.29, 1.82) is 0 Å². The molecule has 0 radical (unpaired) electrons. The molecular weight excluding hydrogens is 352 g/mol. The van der Waals surface area contributed by atoms with Gasteiger partial charge in [-0.3, -0.25) is 4.99 Å². The highest BCUT2D eigenvalue weighted by Gasteiger charge is 2.42. The first-order valence-corrected chi connectivity index (χ1v) is 8.83. The molecule has 0 spiro atoms. The number of rotatable bonds is 4. The standard InChI is InChI=1S/C20H21F2N3O2/c1-23-20(24-16-9-13(16)19-14(21)4-3-5-15(19)22)25(2)10-12-6-7-17-18(8-12)27-11-26-17/h3-8,13,16H,9-11H2,1-2H3,(H,23,24). The van der Waals surface area contributed by atoms with E-state index in [1.807, 2.05) is 30.1 Å². The van der Waals surface area contributed by atoms with E-state index in [0.717, 1.165) is 17.1 Å². The van der Waals surface area contributed by atoms with Crippen LogP contribution < -0.4 is 14.8 Å². The van der Waals surface area contributed by atoms with Crippen molar-refractivity contribution in [2.24, 2.45) is 4.99 Å². The van der Waals surface area contributed by atoms with Crippen LogP contribution in [0.1, 0.15) is 23.5 Å². The molecule has 0 aromatic heterocycles. The van der Waals surface area contributed by atoms with Crippen LogP contribution in [0.4, 0.5) is 8.78 Å². The molecule has 1 saturated carbocycles. The number of fused-ring (bicyclic) bond motifs is 1. The number of guanidine groups is 1. The van der Waals surface area contributed by atoms with Gasteiger partial charge in [-0.2, -0.15) is 0 Å². The second-order valence-corrected chi connectivity index (χ2v) is 6.82. The van der Waals surface area contributed by atoms with E-state index in [1.54, 1.807) is 7.05 Å². The van der Waals surface area contributed by atoms with E-state index < -0.39 is 11.6 Å². The molecule has 4 rings (SSSR count). The largest absolute Gasteiger partial charge is 0.454 e. The lowest BCUT2D eigenvalue weighted by Crippen LogP contribution is -2.40. The molecule has 1 fully saturated rings. The quantitative estimate of drug-likeness (QED) is 0.660. The number of ether oxygens (including phenoxy) is 2. The van der Waals surface area contributed by atoms with Crippen LogP contribution in [0, 0.1) is 11.6 Å². The molecular formula is C20H21F2N3O2. The van der Waals surface area contributed by atoms with Gasteiger partial charge in [-0.15, -0.1) is 0 Å². The Labute approximate surface area is 156 Å². The minimum Gasteiger partial charge on any atom is -0.454 e. The van der Waals surface area contributed by atoms with E-state index in [2.05, 4.69) is 10.3 Å². The summed E-state index contributed by atoms with van der Waals surface area (Å²) < 4.78 is 38.7. The molecule has 2 atom stereocenters. The number of nitrogens with one attached hydrogen (secondary N) is 1. The number of halogens is 2. The maximum absolute atomic E-state index is 14.0. The molecule has 1 N–H and O–H groups in total. The molecule has 1 aliphatic carbocycles. The van der Waals surface area contributed by atoms with Crippen LogP contribution in [0.3, 0.4) is 0 Å². The zero-order chi connectivity index (χ0) is 19.0. The lowest BCUT2D eigenvalue weighted by Gasteiger charge is -2.22. The predicted molar refractivity (Wildman–Crippen MR) is 98.0 cm³/mol. The van der Waals surface area contributed by atoms with Gasteiger partial charge in [-0.05, 0) is 36.2 Å². The first kappa shape index (κ1) is 17.6. The van der Waals surface area contributed by atoms with Crippen molar-refractivity contribution in [2.75, 3.05) is 20.9 Å². The van der Waals surface area contributed by atoms with Crippen LogP contribution in [0.15, 0.2) is 41.4 Å². The van der Waals surface area contributed by atoms with Gasteiger partial charge in [0.1, 0.15) is 11.6 Å². The number of hydrogen-bond acceptors (Lipinski definition) is 3. The van der Waals surface area contributed by atoms with E-state index in [9.17, 15) is 8.78 Å². The molecule has 0 bridgehead atoms. The summed E-state index contributed by atoms with van der Waals surface area (Å²) in [6.45, 7) is 0.856. The Balaban J connectivity index is 1.40. The smallest absolute Gasteiger partial charge is 0.231 e. The van der Waals surface area contributed by atoms with Gasteiger partial charge in [-0.1, -0.05) is 12.1 Å². The maximum Gasteiger partial charge on any atom is 0.231 e. The Morgan fingerprint density at radius 2 is 1.93 bits per heavy atom. The van der Waals surface area contributed by atoms with Gasteiger partial charge in [-0.25, -0.2) is 8.78 Å². The fraction of sp³-hybridized carbons (Fsp3) is 0.350. The Kier molecular flexibility index (Phi) is 4.59. The third kappa shape index (κ3) is 3.54. The SMILES string of the molecule is CN=C(NC1CC1c1c(F)cccc1F)N(C)Cc1ccc2c(c1)OCO2. The van der Waals surface area contributed by atoms with E-state index >= 15 is 0 Å². The average molecular weight is 373 g/mol. The van der Waals surface area contributed by atoms with Crippen LogP contribution in [0.5, 0.6) is 11.5 Å². The monoisotopic (exact) mass is 373 g/mol. The summed E-state index contributed by atoms with van der Waals surface area (Å²) >= 11 is 0. The van der Waals surface area contributed by atoms with Gasteiger partial charge >= 0.3 is 0 Å². The van der Waals surface area contributed by atoms with Crippen LogP contribution in [0.25, 0.3) is 0 Å². The van der Waals surface area contributed by atoms with Crippen molar-refractivity contribution in [2.45, 2.75) is 24.9 Å². The highest BCUT2D eigenvalue weighted by Crippen LogP contribution is 2.43. The molecule has 2 unspecified atom stereocenters. The first-order valence-electron chi connectivity index (χ1n) is 8.83. The third-order valence-electron chi connectivity index (χ3n) is 4.91. The van der Waals surface area contributed by atoms with Crippen molar-refractivity contribution in [3.8, 4) is 11.5 Å². The van der Waals surface area contributed by atoms with Gasteiger partial charge in [0.2, 0.25) is 6.79 Å². The van der Waals surface area contributed by atoms with Crippen LogP contribution in [-0.2, 0) is 6.54 Å². The van der Waals surface area contributed by atoms with Crippen molar-refractivity contribution in [1.82, 2.24) is 10.2 Å². The third-order valence-corrected chi connectivity index (χ3v) is 4.91. The summed E-state index contributed by atoms with van der Waals surface area (Å²) in [7, 11) is 3.61. The maximum atomic E-state index is 14.0. The Morgan fingerprint density at radius 3 is 2.67 bits per heavy atom. The molecule has 1 heterocycles. The van der Waals surface area contributed by atoms with Crippen LogP contribution in [-0.4, -0.2) is 37.8 Å². The summed E-state index contributed by atoms with van der Waals surface area (Å²) in [5.74, 6) is 0.998. The van der Waals surface area contributed by atoms with E-state index in [4.69, 9.17) is 9.47 Å².